The van der Waals surface area contributed by atoms with Gasteiger partial charge in [-0.1, -0.05) is 26.2 Å². The minimum atomic E-state index is 0.546. The largest absolute Gasteiger partial charge is 0.373 e. The van der Waals surface area contributed by atoms with Crippen molar-refractivity contribution < 1.29 is 0 Å². The maximum absolute atomic E-state index is 4.31. The van der Waals surface area contributed by atoms with Gasteiger partial charge in [0.25, 0.3) is 0 Å². The van der Waals surface area contributed by atoms with Crippen LogP contribution in [0.2, 0.25) is 0 Å². The van der Waals surface area contributed by atoms with Gasteiger partial charge in [0, 0.05) is 19.2 Å². The van der Waals surface area contributed by atoms with Crippen LogP contribution in [0.1, 0.15) is 45.4 Å². The maximum Gasteiger partial charge on any atom is 0.131 e. The van der Waals surface area contributed by atoms with Crippen LogP contribution in [0.15, 0.2) is 12.4 Å². The molecule has 1 atom stereocenters. The van der Waals surface area contributed by atoms with Gasteiger partial charge in [0.2, 0.25) is 0 Å². The molecule has 1 aromatic rings. The van der Waals surface area contributed by atoms with E-state index < -0.39 is 0 Å². The summed E-state index contributed by atoms with van der Waals surface area (Å²) in [6.07, 6.45) is 9.66. The molecule has 1 aliphatic carbocycles. The zero-order chi connectivity index (χ0) is 12.8. The van der Waals surface area contributed by atoms with Crippen LogP contribution in [-0.4, -0.2) is 23.1 Å². The molecule has 100 valence electrons. The first kappa shape index (κ1) is 13.1. The van der Waals surface area contributed by atoms with Gasteiger partial charge in [-0.05, 0) is 25.2 Å². The van der Waals surface area contributed by atoms with Gasteiger partial charge in [0.1, 0.15) is 18.0 Å². The summed E-state index contributed by atoms with van der Waals surface area (Å²) >= 11 is 0. The van der Waals surface area contributed by atoms with E-state index in [1.807, 2.05) is 13.1 Å². The van der Waals surface area contributed by atoms with E-state index in [1.54, 1.807) is 6.33 Å². The van der Waals surface area contributed by atoms with E-state index in [4.69, 9.17) is 0 Å². The van der Waals surface area contributed by atoms with Crippen LogP contribution in [-0.2, 0) is 0 Å². The van der Waals surface area contributed by atoms with E-state index in [0.29, 0.717) is 6.04 Å². The second-order valence-corrected chi connectivity index (χ2v) is 5.10. The molecule has 0 aromatic carbocycles. The highest BCUT2D eigenvalue weighted by atomic mass is 15.1. The second-order valence-electron chi connectivity index (χ2n) is 5.10. The third-order valence-corrected chi connectivity index (χ3v) is 3.92. The van der Waals surface area contributed by atoms with Crippen LogP contribution in [0.5, 0.6) is 0 Å². The van der Waals surface area contributed by atoms with Crippen LogP contribution in [0.3, 0.4) is 0 Å². The Morgan fingerprint density at radius 1 is 1.22 bits per heavy atom. The Bertz CT molecular complexity index is 361. The Kier molecular flexibility index (Phi) is 4.79. The molecule has 0 saturated heterocycles. The summed E-state index contributed by atoms with van der Waals surface area (Å²) in [6, 6.07) is 2.52. The van der Waals surface area contributed by atoms with E-state index in [0.717, 1.165) is 24.0 Å². The summed E-state index contributed by atoms with van der Waals surface area (Å²) in [5.41, 5.74) is 0. The molecule has 1 aliphatic rings. The SMILES string of the molecule is CCC(Nc1cc(NC)ncn1)C1CCCCC1. The van der Waals surface area contributed by atoms with Crippen molar-refractivity contribution in [3.63, 3.8) is 0 Å². The highest BCUT2D eigenvalue weighted by Gasteiger charge is 2.22. The average molecular weight is 248 g/mol. The fourth-order valence-corrected chi connectivity index (χ4v) is 2.85. The predicted molar refractivity (Wildman–Crippen MR) is 75.9 cm³/mol. The molecule has 0 bridgehead atoms. The van der Waals surface area contributed by atoms with Crippen molar-refractivity contribution in [2.24, 2.45) is 5.92 Å². The number of hydrogen-bond donors (Lipinski definition) is 2. The van der Waals surface area contributed by atoms with Crippen molar-refractivity contribution in [2.75, 3.05) is 17.7 Å². The van der Waals surface area contributed by atoms with Crippen LogP contribution in [0.25, 0.3) is 0 Å². The van der Waals surface area contributed by atoms with Crippen LogP contribution in [0, 0.1) is 5.92 Å². The third kappa shape index (κ3) is 3.34. The lowest BCUT2D eigenvalue weighted by molar-refractivity contribution is 0.312. The minimum Gasteiger partial charge on any atom is -0.373 e. The van der Waals surface area contributed by atoms with Gasteiger partial charge in [0.05, 0.1) is 0 Å². The zero-order valence-corrected chi connectivity index (χ0v) is 11.4. The maximum atomic E-state index is 4.31. The Balaban J connectivity index is 1.99. The molecule has 1 fully saturated rings. The van der Waals surface area contributed by atoms with Crippen LogP contribution in [0.4, 0.5) is 11.6 Å². The summed E-state index contributed by atoms with van der Waals surface area (Å²) in [5, 5.41) is 6.63. The number of nitrogens with zero attached hydrogens (tertiary/aromatic N) is 2. The van der Waals surface area contributed by atoms with Gasteiger partial charge in [-0.25, -0.2) is 9.97 Å². The molecule has 1 heterocycles. The number of anilines is 2. The van der Waals surface area contributed by atoms with Crippen LogP contribution < -0.4 is 10.6 Å². The van der Waals surface area contributed by atoms with Crippen molar-refractivity contribution in [1.29, 1.82) is 0 Å². The summed E-state index contributed by atoms with van der Waals surface area (Å²) in [7, 11) is 1.88. The molecule has 0 radical (unpaired) electrons. The van der Waals surface area contributed by atoms with Gasteiger partial charge in [0.15, 0.2) is 0 Å². The molecule has 0 aliphatic heterocycles. The first-order chi connectivity index (χ1) is 8.83. The summed E-state index contributed by atoms with van der Waals surface area (Å²) < 4.78 is 0. The Morgan fingerprint density at radius 2 is 1.94 bits per heavy atom. The summed E-state index contributed by atoms with van der Waals surface area (Å²) in [5.74, 6) is 2.61. The highest BCUT2D eigenvalue weighted by molar-refractivity contribution is 5.46. The molecule has 0 spiro atoms. The van der Waals surface area contributed by atoms with Gasteiger partial charge >= 0.3 is 0 Å². The molecule has 4 heteroatoms. The molecule has 2 rings (SSSR count). The lowest BCUT2D eigenvalue weighted by Crippen LogP contribution is -2.30. The quantitative estimate of drug-likeness (QED) is 0.839. The lowest BCUT2D eigenvalue weighted by Gasteiger charge is -2.30. The summed E-state index contributed by atoms with van der Waals surface area (Å²) in [6.45, 7) is 2.26. The first-order valence-electron chi connectivity index (χ1n) is 7.09. The molecule has 18 heavy (non-hydrogen) atoms. The number of hydrogen-bond acceptors (Lipinski definition) is 4. The minimum absolute atomic E-state index is 0.546. The topological polar surface area (TPSA) is 49.8 Å². The first-order valence-corrected chi connectivity index (χ1v) is 7.09. The number of nitrogens with one attached hydrogen (secondary N) is 2. The van der Waals surface area contributed by atoms with Crippen molar-refractivity contribution in [3.05, 3.63) is 12.4 Å². The fourth-order valence-electron chi connectivity index (χ4n) is 2.85. The molecule has 1 unspecified atom stereocenters. The standard InChI is InChI=1S/C14H24N4/c1-3-12(11-7-5-4-6-8-11)18-14-9-13(15-2)16-10-17-14/h9-12H,3-8H2,1-2H3,(H2,15,16,17,18). The normalized spacial score (nSPS) is 18.3. The third-order valence-electron chi connectivity index (χ3n) is 3.92. The van der Waals surface area contributed by atoms with E-state index >= 15 is 0 Å². The van der Waals surface area contributed by atoms with Gasteiger partial charge in [-0.15, -0.1) is 0 Å². The molecule has 1 saturated carbocycles. The van der Waals surface area contributed by atoms with E-state index in [-0.39, 0.29) is 0 Å². The monoisotopic (exact) mass is 248 g/mol. The Hall–Kier alpha value is -1.32. The van der Waals surface area contributed by atoms with E-state index in [1.165, 1.54) is 32.1 Å². The molecule has 2 N–H and O–H groups in total. The van der Waals surface area contributed by atoms with Crippen molar-refractivity contribution in [1.82, 2.24) is 9.97 Å². The smallest absolute Gasteiger partial charge is 0.131 e. The highest BCUT2D eigenvalue weighted by Crippen LogP contribution is 2.29. The Morgan fingerprint density at radius 3 is 2.61 bits per heavy atom. The molecule has 4 nitrogen and oxygen atoms in total. The van der Waals surface area contributed by atoms with Gasteiger partial charge in [-0.3, -0.25) is 0 Å². The Labute approximate surface area is 110 Å². The average Bonchev–Trinajstić information content (AvgIpc) is 2.46. The van der Waals surface area contributed by atoms with Crippen molar-refractivity contribution in [2.45, 2.75) is 51.5 Å². The molecular weight excluding hydrogens is 224 g/mol. The van der Waals surface area contributed by atoms with E-state index in [2.05, 4.69) is 27.5 Å². The lowest BCUT2D eigenvalue weighted by atomic mass is 9.83. The fraction of sp³-hybridized carbons (Fsp3) is 0.714. The molecular formula is C14H24N4. The predicted octanol–water partition coefficient (Wildman–Crippen LogP) is 3.29. The molecule has 0 amide bonds. The number of rotatable bonds is 5. The zero-order valence-electron chi connectivity index (χ0n) is 11.4. The van der Waals surface area contributed by atoms with Gasteiger partial charge in [-0.2, -0.15) is 0 Å². The van der Waals surface area contributed by atoms with Gasteiger partial charge < -0.3 is 10.6 Å². The second kappa shape index (κ2) is 6.57. The van der Waals surface area contributed by atoms with E-state index in [9.17, 15) is 0 Å². The van der Waals surface area contributed by atoms with Crippen molar-refractivity contribution >= 4 is 11.6 Å². The van der Waals surface area contributed by atoms with Crippen LogP contribution >= 0.6 is 0 Å². The molecule has 1 aromatic heterocycles. The van der Waals surface area contributed by atoms with Crippen molar-refractivity contribution in [3.8, 4) is 0 Å². The number of aromatic nitrogens is 2. The summed E-state index contributed by atoms with van der Waals surface area (Å²) in [4.78, 5) is 8.45.